The van der Waals surface area contributed by atoms with Crippen LogP contribution in [0.1, 0.15) is 13.8 Å². The first-order valence-electron chi connectivity index (χ1n) is 7.32. The summed E-state index contributed by atoms with van der Waals surface area (Å²) in [4.78, 5) is -0.164. The molecule has 2 aromatic rings. The Morgan fingerprint density at radius 3 is 2.39 bits per heavy atom. The lowest BCUT2D eigenvalue weighted by Crippen LogP contribution is -2.35. The molecule has 2 aromatic carbocycles. The van der Waals surface area contributed by atoms with E-state index in [1.807, 2.05) is 13.8 Å². The summed E-state index contributed by atoms with van der Waals surface area (Å²) in [5.41, 5.74) is 0. The molecule has 126 valence electrons. The smallest absolute Gasteiger partial charge is 0.295 e. The van der Waals surface area contributed by atoms with Gasteiger partial charge in [-0.15, -0.1) is 0 Å². The van der Waals surface area contributed by atoms with Gasteiger partial charge in [-0.05, 0) is 12.1 Å². The van der Waals surface area contributed by atoms with E-state index in [2.05, 4.69) is 5.32 Å². The average Bonchev–Trinajstić information content (AvgIpc) is 2.49. The molecule has 0 radical (unpaired) electrons. The van der Waals surface area contributed by atoms with Crippen LogP contribution in [0, 0.1) is 0 Å². The van der Waals surface area contributed by atoms with Crippen molar-refractivity contribution in [2.24, 2.45) is 0 Å². The Balaban J connectivity index is 2.23. The number of aliphatic hydroxyl groups is 1. The Labute approximate surface area is 135 Å². The van der Waals surface area contributed by atoms with Crippen LogP contribution in [0.2, 0.25) is 0 Å². The quantitative estimate of drug-likeness (QED) is 0.666. The molecule has 1 atom stereocenters. The molecule has 0 amide bonds. The summed E-state index contributed by atoms with van der Waals surface area (Å²) in [6.45, 7) is 4.44. The minimum atomic E-state index is -4.31. The molecule has 0 aliphatic heterocycles. The van der Waals surface area contributed by atoms with E-state index in [0.717, 1.165) is 0 Å². The predicted molar refractivity (Wildman–Crippen MR) is 88.4 cm³/mol. The largest absolute Gasteiger partial charge is 0.490 e. The third kappa shape index (κ3) is 4.65. The summed E-state index contributed by atoms with van der Waals surface area (Å²) in [5, 5.41) is 13.9. The van der Waals surface area contributed by atoms with Crippen LogP contribution in [-0.2, 0) is 10.1 Å². The molecule has 0 spiro atoms. The highest BCUT2D eigenvalue weighted by molar-refractivity contribution is 7.86. The highest BCUT2D eigenvalue weighted by atomic mass is 32.2. The minimum Gasteiger partial charge on any atom is -0.490 e. The van der Waals surface area contributed by atoms with Crippen molar-refractivity contribution < 1.29 is 22.8 Å². The van der Waals surface area contributed by atoms with Crippen molar-refractivity contribution in [3.05, 3.63) is 36.4 Å². The van der Waals surface area contributed by atoms with Gasteiger partial charge in [0, 0.05) is 23.4 Å². The van der Waals surface area contributed by atoms with Crippen molar-refractivity contribution in [3.63, 3.8) is 0 Å². The number of fused-ring (bicyclic) bond motifs is 1. The Bertz CT molecular complexity index is 773. The van der Waals surface area contributed by atoms with E-state index in [0.29, 0.717) is 23.1 Å². The number of nitrogens with one attached hydrogen (secondary N) is 1. The molecule has 0 unspecified atom stereocenters. The van der Waals surface area contributed by atoms with Crippen molar-refractivity contribution in [1.82, 2.24) is 5.32 Å². The molecular formula is C16H21NO5S. The second-order valence-corrected chi connectivity index (χ2v) is 7.00. The zero-order valence-corrected chi connectivity index (χ0v) is 13.9. The van der Waals surface area contributed by atoms with Gasteiger partial charge in [-0.1, -0.05) is 38.1 Å². The second-order valence-electron chi connectivity index (χ2n) is 5.61. The normalized spacial score (nSPS) is 13.4. The van der Waals surface area contributed by atoms with Crippen LogP contribution < -0.4 is 10.1 Å². The van der Waals surface area contributed by atoms with Crippen molar-refractivity contribution in [2.45, 2.75) is 30.9 Å². The third-order valence-electron chi connectivity index (χ3n) is 3.31. The Morgan fingerprint density at radius 1 is 1.13 bits per heavy atom. The summed E-state index contributed by atoms with van der Waals surface area (Å²) in [6, 6.07) is 9.78. The molecule has 7 heteroatoms. The van der Waals surface area contributed by atoms with Gasteiger partial charge in [0.15, 0.2) is 0 Å². The monoisotopic (exact) mass is 339 g/mol. The van der Waals surface area contributed by atoms with E-state index in [4.69, 9.17) is 4.74 Å². The summed E-state index contributed by atoms with van der Waals surface area (Å²) in [5.74, 6) is 0.455. The van der Waals surface area contributed by atoms with Gasteiger partial charge in [0.1, 0.15) is 23.4 Å². The molecule has 6 nitrogen and oxygen atoms in total. The zero-order valence-electron chi connectivity index (χ0n) is 13.1. The van der Waals surface area contributed by atoms with Crippen molar-refractivity contribution >= 4 is 20.9 Å². The standard InChI is InChI=1S/C16H21NO5S/c1-11(2)17-9-12(18)10-22-15-7-8-16(23(19,20)21)14-6-4-3-5-13(14)15/h3-8,11-12,17-18H,9-10H2,1-2H3,(H,19,20,21)/t12-/m0/s1. The molecule has 0 bridgehead atoms. The number of ether oxygens (including phenoxy) is 1. The number of rotatable bonds is 7. The lowest BCUT2D eigenvalue weighted by molar-refractivity contribution is 0.105. The van der Waals surface area contributed by atoms with Crippen LogP contribution >= 0.6 is 0 Å². The molecule has 0 fully saturated rings. The molecule has 0 saturated carbocycles. The van der Waals surface area contributed by atoms with Gasteiger partial charge in [-0.25, -0.2) is 0 Å². The van der Waals surface area contributed by atoms with E-state index >= 15 is 0 Å². The number of aliphatic hydroxyl groups excluding tert-OH is 1. The van der Waals surface area contributed by atoms with Gasteiger partial charge < -0.3 is 15.2 Å². The van der Waals surface area contributed by atoms with Crippen LogP contribution in [-0.4, -0.2) is 43.4 Å². The fourth-order valence-corrected chi connectivity index (χ4v) is 2.91. The molecule has 3 N–H and O–H groups in total. The van der Waals surface area contributed by atoms with Gasteiger partial charge >= 0.3 is 0 Å². The highest BCUT2D eigenvalue weighted by Gasteiger charge is 2.16. The number of hydrogen-bond acceptors (Lipinski definition) is 5. The molecule has 0 heterocycles. The van der Waals surface area contributed by atoms with Gasteiger partial charge in [0.05, 0.1) is 0 Å². The molecule has 0 saturated heterocycles. The summed E-state index contributed by atoms with van der Waals surface area (Å²) >= 11 is 0. The predicted octanol–water partition coefficient (Wildman–Crippen LogP) is 1.82. The summed E-state index contributed by atoms with van der Waals surface area (Å²) < 4.78 is 37.8. The maximum Gasteiger partial charge on any atom is 0.295 e. The highest BCUT2D eigenvalue weighted by Crippen LogP contribution is 2.30. The lowest BCUT2D eigenvalue weighted by atomic mass is 10.1. The minimum absolute atomic E-state index is 0.0783. The van der Waals surface area contributed by atoms with E-state index in [1.54, 1.807) is 24.3 Å². The van der Waals surface area contributed by atoms with Gasteiger partial charge in [-0.2, -0.15) is 8.42 Å². The molecule has 0 aromatic heterocycles. The first kappa shape index (κ1) is 17.7. The second kappa shape index (κ2) is 7.27. The Morgan fingerprint density at radius 2 is 1.78 bits per heavy atom. The number of benzene rings is 2. The summed E-state index contributed by atoms with van der Waals surface area (Å²) in [7, 11) is -4.31. The van der Waals surface area contributed by atoms with Crippen molar-refractivity contribution in [1.29, 1.82) is 0 Å². The van der Waals surface area contributed by atoms with E-state index in [1.165, 1.54) is 12.1 Å². The zero-order chi connectivity index (χ0) is 17.0. The number of hydrogen-bond donors (Lipinski definition) is 3. The van der Waals surface area contributed by atoms with E-state index < -0.39 is 16.2 Å². The molecular weight excluding hydrogens is 318 g/mol. The van der Waals surface area contributed by atoms with Crippen LogP contribution in [0.4, 0.5) is 0 Å². The maximum absolute atomic E-state index is 11.4. The Kier molecular flexibility index (Phi) is 5.59. The van der Waals surface area contributed by atoms with E-state index in [9.17, 15) is 18.1 Å². The van der Waals surface area contributed by atoms with Crippen molar-refractivity contribution in [2.75, 3.05) is 13.2 Å². The topological polar surface area (TPSA) is 95.9 Å². The maximum atomic E-state index is 11.4. The Hall–Kier alpha value is -1.67. The first-order chi connectivity index (χ1) is 10.8. The fourth-order valence-electron chi connectivity index (χ4n) is 2.21. The fraction of sp³-hybridized carbons (Fsp3) is 0.375. The first-order valence-corrected chi connectivity index (χ1v) is 8.76. The molecule has 0 aliphatic rings. The van der Waals surface area contributed by atoms with Gasteiger partial charge in [0.25, 0.3) is 10.1 Å². The average molecular weight is 339 g/mol. The van der Waals surface area contributed by atoms with Crippen molar-refractivity contribution in [3.8, 4) is 5.75 Å². The third-order valence-corrected chi connectivity index (χ3v) is 4.23. The summed E-state index contributed by atoms with van der Waals surface area (Å²) in [6.07, 6.45) is -0.683. The lowest BCUT2D eigenvalue weighted by Gasteiger charge is -2.16. The van der Waals surface area contributed by atoms with E-state index in [-0.39, 0.29) is 17.5 Å². The van der Waals surface area contributed by atoms with Crippen LogP contribution in [0.15, 0.2) is 41.3 Å². The van der Waals surface area contributed by atoms with Crippen LogP contribution in [0.5, 0.6) is 5.75 Å². The van der Waals surface area contributed by atoms with Gasteiger partial charge in [-0.3, -0.25) is 4.55 Å². The SMILES string of the molecule is CC(C)NC[C@H](O)COc1ccc(S(=O)(=O)O)c2ccccc12. The molecule has 0 aliphatic carbocycles. The molecule has 2 rings (SSSR count). The van der Waals surface area contributed by atoms with Crippen LogP contribution in [0.3, 0.4) is 0 Å². The molecule has 23 heavy (non-hydrogen) atoms. The van der Waals surface area contributed by atoms with Crippen LogP contribution in [0.25, 0.3) is 10.8 Å². The van der Waals surface area contributed by atoms with Gasteiger partial charge in [0.2, 0.25) is 0 Å².